The summed E-state index contributed by atoms with van der Waals surface area (Å²) in [6.07, 6.45) is 2.02. The molecule has 41 heavy (non-hydrogen) atoms. The molecule has 1 aliphatic heterocycles. The number of hydrogen-bond acceptors (Lipinski definition) is 5. The molecule has 6 aromatic rings. The Labute approximate surface area is 243 Å². The zero-order valence-corrected chi connectivity index (χ0v) is 23.8. The van der Waals surface area contributed by atoms with Gasteiger partial charge in [0.15, 0.2) is 0 Å². The number of nitrogens with one attached hydrogen (secondary N) is 2. The molecular weight excluding hydrogens is 528 g/mol. The van der Waals surface area contributed by atoms with Crippen molar-refractivity contribution in [3.8, 4) is 22.3 Å². The monoisotopic (exact) mass is 560 g/mol. The van der Waals surface area contributed by atoms with Crippen molar-refractivity contribution in [1.29, 1.82) is 0 Å². The van der Waals surface area contributed by atoms with E-state index in [1.54, 1.807) is 0 Å². The largest absolute Gasteiger partial charge is 0.462 e. The van der Waals surface area contributed by atoms with E-state index in [4.69, 9.17) is 4.74 Å². The van der Waals surface area contributed by atoms with Gasteiger partial charge in [0.1, 0.15) is 4.88 Å². The van der Waals surface area contributed by atoms with Crippen LogP contribution in [0, 0.1) is 0 Å². The average molecular weight is 561 g/mol. The normalized spacial score (nSPS) is 14.2. The summed E-state index contributed by atoms with van der Waals surface area (Å²) < 4.78 is 5.27. The number of hydrogen-bond donors (Lipinski definition) is 2. The molecule has 3 aromatic heterocycles. The molecule has 0 amide bonds. The quantitative estimate of drug-likeness (QED) is 0.198. The van der Waals surface area contributed by atoms with Crippen molar-refractivity contribution in [3.05, 3.63) is 101 Å². The lowest BCUT2D eigenvalue weighted by molar-refractivity contribution is 0.0533. The second kappa shape index (κ2) is 10.9. The number of anilines is 1. The lowest BCUT2D eigenvalue weighted by atomic mass is 9.98. The van der Waals surface area contributed by atoms with E-state index in [0.717, 1.165) is 49.4 Å². The predicted molar refractivity (Wildman–Crippen MR) is 169 cm³/mol. The molecule has 0 unspecified atom stereocenters. The summed E-state index contributed by atoms with van der Waals surface area (Å²) in [7, 11) is 0. The summed E-state index contributed by atoms with van der Waals surface area (Å²) in [5.41, 5.74) is 9.26. The molecule has 0 bridgehead atoms. The molecule has 7 rings (SSSR count). The smallest absolute Gasteiger partial charge is 0.348 e. The van der Waals surface area contributed by atoms with Crippen LogP contribution in [0.25, 0.3) is 44.1 Å². The van der Waals surface area contributed by atoms with E-state index in [2.05, 4.69) is 92.6 Å². The Bertz CT molecular complexity index is 1820. The van der Waals surface area contributed by atoms with Gasteiger partial charge in [0.25, 0.3) is 0 Å². The number of esters is 1. The maximum Gasteiger partial charge on any atom is 0.348 e. The number of nitrogens with zero attached hydrogens (tertiary/aromatic N) is 2. The maximum absolute atomic E-state index is 12.5. The summed E-state index contributed by atoms with van der Waals surface area (Å²) in [5.74, 6) is -0.259. The summed E-state index contributed by atoms with van der Waals surface area (Å²) in [4.78, 5) is 25.2. The molecule has 0 aliphatic carbocycles. The lowest BCUT2D eigenvalue weighted by Crippen LogP contribution is -2.46. The van der Waals surface area contributed by atoms with Crippen molar-refractivity contribution in [2.24, 2.45) is 0 Å². The van der Waals surface area contributed by atoms with Crippen molar-refractivity contribution in [1.82, 2.24) is 14.9 Å². The van der Waals surface area contributed by atoms with Crippen LogP contribution in [0.4, 0.5) is 5.69 Å². The first-order valence-corrected chi connectivity index (χ1v) is 15.1. The number of fused-ring (bicyclic) bond motifs is 2. The van der Waals surface area contributed by atoms with Gasteiger partial charge in [0.05, 0.1) is 6.61 Å². The van der Waals surface area contributed by atoms with Crippen LogP contribution in [-0.4, -0.2) is 53.6 Å². The molecule has 6 nitrogen and oxygen atoms in total. The van der Waals surface area contributed by atoms with Gasteiger partial charge in [-0.15, -0.1) is 11.3 Å². The van der Waals surface area contributed by atoms with Crippen LogP contribution in [0.2, 0.25) is 0 Å². The average Bonchev–Trinajstić information content (AvgIpc) is 3.76. The topological polar surface area (TPSA) is 64.4 Å². The van der Waals surface area contributed by atoms with E-state index < -0.39 is 0 Å². The molecule has 0 radical (unpaired) electrons. The third-order valence-corrected chi connectivity index (χ3v) is 8.96. The van der Waals surface area contributed by atoms with Gasteiger partial charge in [0.2, 0.25) is 0 Å². The van der Waals surface area contributed by atoms with Gasteiger partial charge in [0, 0.05) is 83.2 Å². The number of aromatic nitrogens is 2. The van der Waals surface area contributed by atoms with Gasteiger partial charge in [-0.1, -0.05) is 48.5 Å². The highest BCUT2D eigenvalue weighted by molar-refractivity contribution is 7.12. The Kier molecular flexibility index (Phi) is 6.82. The van der Waals surface area contributed by atoms with E-state index in [-0.39, 0.29) is 5.97 Å². The highest BCUT2D eigenvalue weighted by Gasteiger charge is 2.22. The fraction of sp³-hybridized carbons (Fsp3) is 0.206. The Hall–Kier alpha value is -4.33. The first-order valence-electron chi connectivity index (χ1n) is 14.2. The SMILES string of the molecule is CCOC(=O)c1sccc1-c1ccc(-c2c(CN3CCN(c4cccc5[nH]ccc45)CC3)[nH]c3ccccc23)cc1. The number of aromatic amines is 2. The number of benzene rings is 3. The van der Waals surface area contributed by atoms with E-state index in [1.807, 2.05) is 24.6 Å². The molecule has 0 spiro atoms. The minimum Gasteiger partial charge on any atom is -0.462 e. The first kappa shape index (κ1) is 25.6. The zero-order chi connectivity index (χ0) is 27.8. The van der Waals surface area contributed by atoms with Crippen LogP contribution in [0.3, 0.4) is 0 Å². The second-order valence-electron chi connectivity index (χ2n) is 10.5. The molecule has 2 N–H and O–H groups in total. The molecule has 1 saturated heterocycles. The first-order chi connectivity index (χ1) is 20.2. The van der Waals surface area contributed by atoms with E-state index >= 15 is 0 Å². The lowest BCUT2D eigenvalue weighted by Gasteiger charge is -2.36. The van der Waals surface area contributed by atoms with Gasteiger partial charge in [-0.3, -0.25) is 4.90 Å². The number of piperazine rings is 1. The minimum absolute atomic E-state index is 0.259. The number of rotatable bonds is 7. The number of ether oxygens (including phenoxy) is 1. The number of thiophene rings is 1. The van der Waals surface area contributed by atoms with Gasteiger partial charge in [-0.25, -0.2) is 4.79 Å². The predicted octanol–water partition coefficient (Wildman–Crippen LogP) is 7.54. The summed E-state index contributed by atoms with van der Waals surface area (Å²) in [6, 6.07) is 27.8. The Morgan fingerprint density at radius 2 is 1.63 bits per heavy atom. The number of carbonyl (C=O) groups is 1. The second-order valence-corrected chi connectivity index (χ2v) is 11.4. The van der Waals surface area contributed by atoms with Gasteiger partial charge in [-0.2, -0.15) is 0 Å². The van der Waals surface area contributed by atoms with E-state index in [0.29, 0.717) is 11.5 Å². The van der Waals surface area contributed by atoms with Crippen LogP contribution in [0.1, 0.15) is 22.3 Å². The molecule has 0 saturated carbocycles. The highest BCUT2D eigenvalue weighted by Crippen LogP contribution is 2.36. The fourth-order valence-corrected chi connectivity index (χ4v) is 6.88. The van der Waals surface area contributed by atoms with E-state index in [1.165, 1.54) is 50.1 Å². The van der Waals surface area contributed by atoms with Crippen LogP contribution in [0.15, 0.2) is 90.4 Å². The highest BCUT2D eigenvalue weighted by atomic mass is 32.1. The minimum atomic E-state index is -0.259. The molecule has 206 valence electrons. The maximum atomic E-state index is 12.5. The molecule has 4 heterocycles. The third-order valence-electron chi connectivity index (χ3n) is 8.06. The molecule has 1 fully saturated rings. The third kappa shape index (κ3) is 4.81. The van der Waals surface area contributed by atoms with Crippen molar-refractivity contribution < 1.29 is 9.53 Å². The van der Waals surface area contributed by atoms with Gasteiger partial charge < -0.3 is 19.6 Å². The zero-order valence-electron chi connectivity index (χ0n) is 23.0. The summed E-state index contributed by atoms with van der Waals surface area (Å²) >= 11 is 1.43. The number of para-hydroxylation sites is 1. The Morgan fingerprint density at radius 3 is 2.46 bits per heavy atom. The molecule has 0 atom stereocenters. The van der Waals surface area contributed by atoms with Crippen LogP contribution in [-0.2, 0) is 11.3 Å². The summed E-state index contributed by atoms with van der Waals surface area (Å²) in [5, 5.41) is 4.47. The fourth-order valence-electron chi connectivity index (χ4n) is 6.07. The summed E-state index contributed by atoms with van der Waals surface area (Å²) in [6.45, 7) is 7.08. The Balaban J connectivity index is 1.14. The van der Waals surface area contributed by atoms with Crippen molar-refractivity contribution in [2.75, 3.05) is 37.7 Å². The molecule has 1 aliphatic rings. The van der Waals surface area contributed by atoms with Crippen LogP contribution in [0.5, 0.6) is 0 Å². The van der Waals surface area contributed by atoms with Gasteiger partial charge in [-0.05, 0) is 53.8 Å². The Morgan fingerprint density at radius 1 is 0.854 bits per heavy atom. The van der Waals surface area contributed by atoms with Crippen LogP contribution < -0.4 is 4.90 Å². The molecule has 3 aromatic carbocycles. The number of carbonyl (C=O) groups excluding carboxylic acids is 1. The molecule has 7 heteroatoms. The van der Waals surface area contributed by atoms with Crippen molar-refractivity contribution in [2.45, 2.75) is 13.5 Å². The van der Waals surface area contributed by atoms with Crippen molar-refractivity contribution >= 4 is 44.8 Å². The molecular formula is C34H32N4O2S. The van der Waals surface area contributed by atoms with E-state index in [9.17, 15) is 4.79 Å². The number of H-pyrrole nitrogens is 2. The van der Waals surface area contributed by atoms with Gasteiger partial charge >= 0.3 is 5.97 Å². The standard InChI is InChI=1S/C34H32N4O2S/c1-2-40-34(39)33-25(15-21-41-33)23-10-12-24(13-11-23)32-27-6-3-4-7-29(27)36-30(32)22-37-17-19-38(20-18-37)31-9-5-8-28-26(31)14-16-35-28/h3-16,21,35-36H,2,17-20,22H2,1H3. The van der Waals surface area contributed by atoms with Crippen molar-refractivity contribution in [3.63, 3.8) is 0 Å². The van der Waals surface area contributed by atoms with Crippen LogP contribution >= 0.6 is 11.3 Å².